The maximum atomic E-state index is 11.5. The molecule has 4 heteroatoms. The summed E-state index contributed by atoms with van der Waals surface area (Å²) in [5, 5.41) is 0. The summed E-state index contributed by atoms with van der Waals surface area (Å²) in [6.45, 7) is 3.84. The minimum absolute atomic E-state index is 0.0570. The van der Waals surface area contributed by atoms with Crippen molar-refractivity contribution in [1.82, 2.24) is 4.57 Å². The molecule has 2 N–H and O–H groups in total. The Morgan fingerprint density at radius 3 is 2.88 bits per heavy atom. The molecule has 0 saturated heterocycles. The van der Waals surface area contributed by atoms with E-state index in [9.17, 15) is 4.79 Å². The first kappa shape index (κ1) is 12.8. The van der Waals surface area contributed by atoms with Crippen LogP contribution in [0.15, 0.2) is 23.1 Å². The molecule has 1 rings (SSSR count). The van der Waals surface area contributed by atoms with Crippen LogP contribution in [0, 0.1) is 0 Å². The van der Waals surface area contributed by atoms with E-state index in [4.69, 9.17) is 10.5 Å². The van der Waals surface area contributed by atoms with Gasteiger partial charge in [0.1, 0.15) is 5.75 Å². The smallest absolute Gasteiger partial charge is 0.254 e. The molecule has 0 aromatic carbocycles. The number of hydrogen-bond acceptors (Lipinski definition) is 3. The molecule has 0 amide bonds. The fourth-order valence-electron chi connectivity index (χ4n) is 1.45. The van der Waals surface area contributed by atoms with Crippen LogP contribution in [0.5, 0.6) is 5.75 Å². The zero-order chi connectivity index (χ0) is 11.8. The highest BCUT2D eigenvalue weighted by molar-refractivity contribution is 5.17. The summed E-state index contributed by atoms with van der Waals surface area (Å²) in [5.41, 5.74) is 5.33. The van der Waals surface area contributed by atoms with E-state index in [0.29, 0.717) is 25.4 Å². The van der Waals surface area contributed by atoms with Gasteiger partial charge in [-0.2, -0.15) is 0 Å². The zero-order valence-electron chi connectivity index (χ0n) is 9.82. The highest BCUT2D eigenvalue weighted by Crippen LogP contribution is 2.06. The van der Waals surface area contributed by atoms with Crippen molar-refractivity contribution >= 4 is 0 Å². The van der Waals surface area contributed by atoms with Crippen LogP contribution in [0.4, 0.5) is 0 Å². The van der Waals surface area contributed by atoms with E-state index in [2.05, 4.69) is 6.92 Å². The van der Waals surface area contributed by atoms with Gasteiger partial charge in [-0.3, -0.25) is 4.79 Å². The number of hydrogen-bond donors (Lipinski definition) is 1. The molecule has 90 valence electrons. The number of unbranched alkanes of at least 4 members (excludes halogenated alkanes) is 2. The second-order valence-electron chi connectivity index (χ2n) is 3.74. The molecule has 0 bridgehead atoms. The van der Waals surface area contributed by atoms with Gasteiger partial charge in [-0.15, -0.1) is 0 Å². The Morgan fingerprint density at radius 1 is 1.44 bits per heavy atom. The molecule has 16 heavy (non-hydrogen) atoms. The Balaban J connectivity index is 2.49. The molecule has 1 aromatic rings. The van der Waals surface area contributed by atoms with Crippen LogP contribution in [-0.4, -0.2) is 17.7 Å². The molecule has 4 nitrogen and oxygen atoms in total. The summed E-state index contributed by atoms with van der Waals surface area (Å²) in [5.74, 6) is 0.648. The van der Waals surface area contributed by atoms with E-state index in [1.165, 1.54) is 12.5 Å². The number of pyridine rings is 1. The first-order valence-corrected chi connectivity index (χ1v) is 5.81. The topological polar surface area (TPSA) is 57.2 Å². The van der Waals surface area contributed by atoms with E-state index in [-0.39, 0.29) is 5.56 Å². The lowest BCUT2D eigenvalue weighted by atomic mass is 10.3. The number of nitrogens with zero attached hydrogens (tertiary/aromatic N) is 1. The van der Waals surface area contributed by atoms with Crippen molar-refractivity contribution in [1.29, 1.82) is 0 Å². The van der Waals surface area contributed by atoms with Crippen molar-refractivity contribution in [2.24, 2.45) is 5.73 Å². The Hall–Kier alpha value is -1.29. The lowest BCUT2D eigenvalue weighted by molar-refractivity contribution is 0.305. The fourth-order valence-corrected chi connectivity index (χ4v) is 1.45. The minimum atomic E-state index is -0.0570. The normalized spacial score (nSPS) is 10.4. The molecule has 0 spiro atoms. The standard InChI is InChI=1S/C12H20N2O2/c1-2-3-4-9-16-11-5-7-14(8-6-13)12(15)10-11/h5,7,10H,2-4,6,8-9,13H2,1H3. The van der Waals surface area contributed by atoms with Crippen LogP contribution in [0.2, 0.25) is 0 Å². The molecule has 1 heterocycles. The molecular formula is C12H20N2O2. The minimum Gasteiger partial charge on any atom is -0.493 e. The molecule has 0 aliphatic rings. The van der Waals surface area contributed by atoms with Crippen LogP contribution in [0.1, 0.15) is 26.2 Å². The first-order chi connectivity index (χ1) is 7.77. The molecule has 0 atom stereocenters. The van der Waals surface area contributed by atoms with Crippen LogP contribution >= 0.6 is 0 Å². The van der Waals surface area contributed by atoms with E-state index in [0.717, 1.165) is 12.8 Å². The van der Waals surface area contributed by atoms with Crippen LogP contribution in [-0.2, 0) is 6.54 Å². The number of rotatable bonds is 7. The van der Waals surface area contributed by atoms with Gasteiger partial charge in [0.05, 0.1) is 6.61 Å². The first-order valence-electron chi connectivity index (χ1n) is 5.81. The van der Waals surface area contributed by atoms with Crippen molar-refractivity contribution in [3.63, 3.8) is 0 Å². The second-order valence-corrected chi connectivity index (χ2v) is 3.74. The third-order valence-electron chi connectivity index (χ3n) is 2.35. The van der Waals surface area contributed by atoms with Crippen molar-refractivity contribution in [3.8, 4) is 5.75 Å². The number of ether oxygens (including phenoxy) is 1. The lowest BCUT2D eigenvalue weighted by Gasteiger charge is -2.07. The quantitative estimate of drug-likeness (QED) is 0.712. The summed E-state index contributed by atoms with van der Waals surface area (Å²) in [6.07, 6.45) is 5.08. The molecular weight excluding hydrogens is 204 g/mol. The summed E-state index contributed by atoms with van der Waals surface area (Å²) < 4.78 is 7.06. The SMILES string of the molecule is CCCCCOc1ccn(CCN)c(=O)c1. The summed E-state index contributed by atoms with van der Waals surface area (Å²) in [6, 6.07) is 3.32. The zero-order valence-corrected chi connectivity index (χ0v) is 9.82. The molecule has 0 aliphatic heterocycles. The molecule has 0 saturated carbocycles. The van der Waals surface area contributed by atoms with Gasteiger partial charge < -0.3 is 15.0 Å². The molecule has 0 fully saturated rings. The third kappa shape index (κ3) is 4.06. The molecule has 0 aliphatic carbocycles. The second kappa shape index (κ2) is 7.06. The predicted molar refractivity (Wildman–Crippen MR) is 64.8 cm³/mol. The Labute approximate surface area is 96.0 Å². The predicted octanol–water partition coefficient (Wildman–Crippen LogP) is 1.38. The molecule has 0 unspecified atom stereocenters. The van der Waals surface area contributed by atoms with Gasteiger partial charge in [0, 0.05) is 25.4 Å². The Morgan fingerprint density at radius 2 is 2.25 bits per heavy atom. The highest BCUT2D eigenvalue weighted by Gasteiger charge is 1.98. The van der Waals surface area contributed by atoms with E-state index in [1.807, 2.05) is 6.07 Å². The highest BCUT2D eigenvalue weighted by atomic mass is 16.5. The van der Waals surface area contributed by atoms with Crippen molar-refractivity contribution in [3.05, 3.63) is 28.7 Å². The summed E-state index contributed by atoms with van der Waals surface area (Å²) >= 11 is 0. The van der Waals surface area contributed by atoms with Gasteiger partial charge in [-0.05, 0) is 12.5 Å². The summed E-state index contributed by atoms with van der Waals surface area (Å²) in [7, 11) is 0. The van der Waals surface area contributed by atoms with Crippen molar-refractivity contribution in [2.45, 2.75) is 32.7 Å². The number of nitrogens with two attached hydrogens (primary N) is 1. The van der Waals surface area contributed by atoms with Crippen LogP contribution in [0.25, 0.3) is 0 Å². The van der Waals surface area contributed by atoms with Gasteiger partial charge in [-0.25, -0.2) is 0 Å². The van der Waals surface area contributed by atoms with Crippen LogP contribution in [0.3, 0.4) is 0 Å². The summed E-state index contributed by atoms with van der Waals surface area (Å²) in [4.78, 5) is 11.5. The van der Waals surface area contributed by atoms with Gasteiger partial charge in [0.25, 0.3) is 5.56 Å². The van der Waals surface area contributed by atoms with Gasteiger partial charge in [0.2, 0.25) is 0 Å². The Kier molecular flexibility index (Phi) is 5.64. The lowest BCUT2D eigenvalue weighted by Crippen LogP contribution is -2.22. The maximum Gasteiger partial charge on any atom is 0.254 e. The monoisotopic (exact) mass is 224 g/mol. The third-order valence-corrected chi connectivity index (χ3v) is 2.35. The van der Waals surface area contributed by atoms with Crippen molar-refractivity contribution in [2.75, 3.05) is 13.2 Å². The van der Waals surface area contributed by atoms with E-state index < -0.39 is 0 Å². The largest absolute Gasteiger partial charge is 0.493 e. The Bertz CT molecular complexity index is 360. The molecule has 1 aromatic heterocycles. The average molecular weight is 224 g/mol. The van der Waals surface area contributed by atoms with Gasteiger partial charge >= 0.3 is 0 Å². The molecule has 0 radical (unpaired) electrons. The maximum absolute atomic E-state index is 11.5. The van der Waals surface area contributed by atoms with Crippen LogP contribution < -0.4 is 16.0 Å². The fraction of sp³-hybridized carbons (Fsp3) is 0.583. The van der Waals surface area contributed by atoms with Gasteiger partial charge in [0.15, 0.2) is 0 Å². The van der Waals surface area contributed by atoms with E-state index >= 15 is 0 Å². The van der Waals surface area contributed by atoms with Crippen molar-refractivity contribution < 1.29 is 4.74 Å². The average Bonchev–Trinajstić information content (AvgIpc) is 2.28. The number of aromatic nitrogens is 1. The van der Waals surface area contributed by atoms with Gasteiger partial charge in [-0.1, -0.05) is 19.8 Å². The van der Waals surface area contributed by atoms with E-state index in [1.54, 1.807) is 10.8 Å².